The number of thiophene rings is 1. The van der Waals surface area contributed by atoms with Crippen molar-refractivity contribution in [2.24, 2.45) is 0 Å². The smallest absolute Gasteiger partial charge is 0.419 e. The van der Waals surface area contributed by atoms with Crippen molar-refractivity contribution < 1.29 is 19.1 Å². The molecule has 2 heterocycles. The maximum atomic E-state index is 12.2. The van der Waals surface area contributed by atoms with Gasteiger partial charge in [0.25, 0.3) is 0 Å². The summed E-state index contributed by atoms with van der Waals surface area (Å²) in [6, 6.07) is 7.03. The first kappa shape index (κ1) is 15.3. The molecule has 112 valence electrons. The maximum absolute atomic E-state index is 12.2. The fraction of sp³-hybridized carbons (Fsp3) is 0.333. The maximum Gasteiger partial charge on any atom is 0.419 e. The molecule has 2 rings (SSSR count). The molecule has 0 saturated carbocycles. The second-order valence-electron chi connectivity index (χ2n) is 5.40. The van der Waals surface area contributed by atoms with Crippen LogP contribution >= 0.6 is 11.3 Å². The zero-order valence-corrected chi connectivity index (χ0v) is 13.2. The van der Waals surface area contributed by atoms with Gasteiger partial charge in [0.1, 0.15) is 10.5 Å². The lowest BCUT2D eigenvalue weighted by molar-refractivity contribution is 0.0539. The van der Waals surface area contributed by atoms with Crippen LogP contribution in [0.2, 0.25) is 0 Å². The highest BCUT2D eigenvalue weighted by Gasteiger charge is 2.21. The van der Waals surface area contributed by atoms with E-state index >= 15 is 0 Å². The topological polar surface area (TPSA) is 57.5 Å². The van der Waals surface area contributed by atoms with Crippen LogP contribution in [-0.2, 0) is 9.47 Å². The number of ether oxygens (including phenoxy) is 2. The van der Waals surface area contributed by atoms with Gasteiger partial charge in [-0.05, 0) is 45.0 Å². The molecule has 0 spiro atoms. The third-order valence-electron chi connectivity index (χ3n) is 2.58. The Hall–Kier alpha value is -2.08. The van der Waals surface area contributed by atoms with Crippen LogP contribution in [0.15, 0.2) is 30.5 Å². The number of methoxy groups -OCH3 is 1. The van der Waals surface area contributed by atoms with Crippen LogP contribution in [0, 0.1) is 0 Å². The zero-order chi connectivity index (χ0) is 15.6. The molecule has 0 radical (unpaired) electrons. The Morgan fingerprint density at radius 1 is 1.19 bits per heavy atom. The molecule has 0 aliphatic carbocycles. The van der Waals surface area contributed by atoms with E-state index < -0.39 is 11.7 Å². The van der Waals surface area contributed by atoms with Gasteiger partial charge in [-0.15, -0.1) is 11.3 Å². The van der Waals surface area contributed by atoms with E-state index in [4.69, 9.17) is 4.74 Å². The van der Waals surface area contributed by atoms with Crippen LogP contribution in [0.3, 0.4) is 0 Å². The summed E-state index contributed by atoms with van der Waals surface area (Å²) in [7, 11) is 1.34. The van der Waals surface area contributed by atoms with E-state index in [1.807, 2.05) is 20.8 Å². The van der Waals surface area contributed by atoms with Crippen molar-refractivity contribution in [3.8, 4) is 10.6 Å². The quantitative estimate of drug-likeness (QED) is 0.792. The van der Waals surface area contributed by atoms with E-state index in [1.165, 1.54) is 23.0 Å². The lowest BCUT2D eigenvalue weighted by atomic mass is 10.2. The van der Waals surface area contributed by atoms with Gasteiger partial charge < -0.3 is 9.47 Å². The van der Waals surface area contributed by atoms with Gasteiger partial charge in [-0.3, -0.25) is 4.57 Å². The summed E-state index contributed by atoms with van der Waals surface area (Å²) in [5.41, 5.74) is 0.120. The van der Waals surface area contributed by atoms with Gasteiger partial charge in [0, 0.05) is 6.20 Å². The molecule has 2 aromatic heterocycles. The van der Waals surface area contributed by atoms with Crippen LogP contribution in [0.25, 0.3) is 10.6 Å². The summed E-state index contributed by atoms with van der Waals surface area (Å²) < 4.78 is 11.5. The normalized spacial score (nSPS) is 11.2. The molecule has 0 aliphatic heterocycles. The number of hydrogen-bond donors (Lipinski definition) is 0. The molecule has 0 saturated heterocycles. The number of nitrogens with zero attached hydrogens (tertiary/aromatic N) is 1. The minimum absolute atomic E-state index is 0.387. The second kappa shape index (κ2) is 5.73. The Morgan fingerprint density at radius 2 is 1.90 bits per heavy atom. The van der Waals surface area contributed by atoms with Crippen LogP contribution in [0.4, 0.5) is 4.79 Å². The molecule has 0 unspecified atom stereocenters. The molecular formula is C15H17NO4S. The van der Waals surface area contributed by atoms with Crippen LogP contribution < -0.4 is 0 Å². The van der Waals surface area contributed by atoms with Crippen molar-refractivity contribution in [2.45, 2.75) is 26.4 Å². The fourth-order valence-corrected chi connectivity index (χ4v) is 2.68. The molecule has 2 aromatic rings. The highest BCUT2D eigenvalue weighted by Crippen LogP contribution is 2.29. The first-order chi connectivity index (χ1) is 9.81. The lowest BCUT2D eigenvalue weighted by Gasteiger charge is -2.20. The molecule has 0 fully saturated rings. The summed E-state index contributed by atoms with van der Waals surface area (Å²) in [4.78, 5) is 24.9. The Bertz CT molecular complexity index is 663. The predicted molar refractivity (Wildman–Crippen MR) is 80.7 cm³/mol. The highest BCUT2D eigenvalue weighted by atomic mass is 32.1. The summed E-state index contributed by atoms with van der Waals surface area (Å²) >= 11 is 1.27. The zero-order valence-electron chi connectivity index (χ0n) is 12.4. The van der Waals surface area contributed by atoms with Crippen molar-refractivity contribution in [1.29, 1.82) is 0 Å². The Morgan fingerprint density at radius 3 is 2.52 bits per heavy atom. The molecule has 0 aliphatic rings. The first-order valence-corrected chi connectivity index (χ1v) is 7.23. The minimum atomic E-state index is -0.564. The van der Waals surface area contributed by atoms with Crippen LogP contribution in [0.1, 0.15) is 30.4 Å². The van der Waals surface area contributed by atoms with Crippen LogP contribution in [-0.4, -0.2) is 29.3 Å². The van der Waals surface area contributed by atoms with Crippen molar-refractivity contribution in [3.63, 3.8) is 0 Å². The van der Waals surface area contributed by atoms with Crippen molar-refractivity contribution in [2.75, 3.05) is 7.11 Å². The summed E-state index contributed by atoms with van der Waals surface area (Å²) in [6.45, 7) is 5.44. The molecule has 0 bridgehead atoms. The minimum Gasteiger partial charge on any atom is -0.465 e. The van der Waals surface area contributed by atoms with E-state index in [0.717, 1.165) is 4.88 Å². The van der Waals surface area contributed by atoms with Gasteiger partial charge in [-0.2, -0.15) is 0 Å². The van der Waals surface area contributed by atoms with Gasteiger partial charge in [0.2, 0.25) is 0 Å². The number of aromatic nitrogens is 1. The number of rotatable bonds is 2. The molecule has 6 heteroatoms. The second-order valence-corrected chi connectivity index (χ2v) is 6.48. The fourth-order valence-electron chi connectivity index (χ4n) is 1.74. The third-order valence-corrected chi connectivity index (χ3v) is 3.67. The van der Waals surface area contributed by atoms with Gasteiger partial charge in [0.15, 0.2) is 0 Å². The van der Waals surface area contributed by atoms with Crippen molar-refractivity contribution in [1.82, 2.24) is 4.57 Å². The number of carbonyl (C=O) groups is 2. The SMILES string of the molecule is COC(=O)c1ccc(-c2cccn2C(=O)OC(C)(C)C)s1. The van der Waals surface area contributed by atoms with Crippen LogP contribution in [0.5, 0.6) is 0 Å². The highest BCUT2D eigenvalue weighted by molar-refractivity contribution is 7.17. The number of hydrogen-bond acceptors (Lipinski definition) is 5. The molecule has 0 N–H and O–H groups in total. The van der Waals surface area contributed by atoms with E-state index in [1.54, 1.807) is 30.5 Å². The molecular weight excluding hydrogens is 290 g/mol. The molecule has 0 amide bonds. The third kappa shape index (κ3) is 3.52. The Balaban J connectivity index is 2.30. The predicted octanol–water partition coefficient (Wildman–Crippen LogP) is 3.79. The lowest BCUT2D eigenvalue weighted by Crippen LogP contribution is -2.27. The largest absolute Gasteiger partial charge is 0.465 e. The molecule has 5 nitrogen and oxygen atoms in total. The monoisotopic (exact) mass is 307 g/mol. The average Bonchev–Trinajstić information content (AvgIpc) is 3.03. The van der Waals surface area contributed by atoms with Crippen molar-refractivity contribution >= 4 is 23.4 Å². The van der Waals surface area contributed by atoms with Gasteiger partial charge in [0.05, 0.1) is 17.7 Å². The average molecular weight is 307 g/mol. The molecule has 0 aromatic carbocycles. The van der Waals surface area contributed by atoms with Crippen molar-refractivity contribution in [3.05, 3.63) is 35.3 Å². The van der Waals surface area contributed by atoms with E-state index in [-0.39, 0.29) is 5.97 Å². The van der Waals surface area contributed by atoms with E-state index in [9.17, 15) is 9.59 Å². The van der Waals surface area contributed by atoms with E-state index in [2.05, 4.69) is 4.74 Å². The summed E-state index contributed by atoms with van der Waals surface area (Å²) in [5.74, 6) is -0.387. The van der Waals surface area contributed by atoms with Gasteiger partial charge >= 0.3 is 12.1 Å². The Labute approximate surface area is 127 Å². The summed E-state index contributed by atoms with van der Waals surface area (Å²) in [6.07, 6.45) is 1.19. The molecule has 0 atom stereocenters. The van der Waals surface area contributed by atoms with E-state index in [0.29, 0.717) is 10.6 Å². The standard InChI is InChI=1S/C15H17NO4S/c1-15(2,3)20-14(18)16-9-5-6-10(16)11-7-8-12(21-11)13(17)19-4/h5-9H,1-4H3. The summed E-state index contributed by atoms with van der Waals surface area (Å²) in [5, 5.41) is 0. The van der Waals surface area contributed by atoms with Gasteiger partial charge in [-0.25, -0.2) is 9.59 Å². The first-order valence-electron chi connectivity index (χ1n) is 6.41. The van der Waals surface area contributed by atoms with Gasteiger partial charge in [-0.1, -0.05) is 0 Å². The Kier molecular flexibility index (Phi) is 4.18. The number of esters is 1. The molecule has 21 heavy (non-hydrogen) atoms. The number of carbonyl (C=O) groups excluding carboxylic acids is 2.